The Labute approximate surface area is 162 Å². The third-order valence-electron chi connectivity index (χ3n) is 5.31. The molecule has 3 rings (SSSR count). The number of urea groups is 1. The second-order valence-electron chi connectivity index (χ2n) is 8.27. The van der Waals surface area contributed by atoms with Gasteiger partial charge in [-0.25, -0.2) is 9.69 Å². The highest BCUT2D eigenvalue weighted by atomic mass is 16.2. The largest absolute Gasteiger partial charge is 0.372 e. The molecule has 6 nitrogen and oxygen atoms in total. The van der Waals surface area contributed by atoms with E-state index in [1.807, 2.05) is 11.9 Å². The van der Waals surface area contributed by atoms with Crippen molar-refractivity contribution in [2.75, 3.05) is 31.7 Å². The van der Waals surface area contributed by atoms with Gasteiger partial charge in [0.25, 0.3) is 5.91 Å². The molecular formula is C21H32N4O2. The van der Waals surface area contributed by atoms with Crippen LogP contribution in [0.25, 0.3) is 0 Å². The molecule has 6 heteroatoms. The quantitative estimate of drug-likeness (QED) is 0.748. The molecule has 0 bridgehead atoms. The number of anilines is 1. The molecular weight excluding hydrogens is 340 g/mol. The third-order valence-corrected chi connectivity index (χ3v) is 5.31. The van der Waals surface area contributed by atoms with Crippen LogP contribution in [0.3, 0.4) is 0 Å². The molecule has 2 saturated heterocycles. The van der Waals surface area contributed by atoms with E-state index in [-0.39, 0.29) is 18.0 Å². The summed E-state index contributed by atoms with van der Waals surface area (Å²) in [4.78, 5) is 30.4. The molecule has 3 amide bonds. The second kappa shape index (κ2) is 8.74. The lowest BCUT2D eigenvalue weighted by Crippen LogP contribution is -2.40. The van der Waals surface area contributed by atoms with Crippen molar-refractivity contribution in [2.45, 2.75) is 52.1 Å². The van der Waals surface area contributed by atoms with Gasteiger partial charge in [0.1, 0.15) is 6.04 Å². The predicted octanol–water partition coefficient (Wildman–Crippen LogP) is 3.03. The van der Waals surface area contributed by atoms with Crippen LogP contribution < -0.4 is 10.2 Å². The first-order chi connectivity index (χ1) is 12.9. The highest BCUT2D eigenvalue weighted by Gasteiger charge is 2.38. The highest BCUT2D eigenvalue weighted by molar-refractivity contribution is 6.04. The Hall–Kier alpha value is -2.08. The van der Waals surface area contributed by atoms with E-state index in [0.717, 1.165) is 13.1 Å². The first-order valence-corrected chi connectivity index (χ1v) is 10.1. The third kappa shape index (κ3) is 5.01. The minimum atomic E-state index is -0.380. The van der Waals surface area contributed by atoms with E-state index in [1.165, 1.54) is 35.4 Å². The monoisotopic (exact) mass is 372 g/mol. The number of benzene rings is 1. The number of hydrogen-bond acceptors (Lipinski definition) is 4. The van der Waals surface area contributed by atoms with Crippen LogP contribution in [0.5, 0.6) is 0 Å². The molecule has 2 aliphatic rings. The Morgan fingerprint density at radius 2 is 1.78 bits per heavy atom. The van der Waals surface area contributed by atoms with E-state index in [0.29, 0.717) is 25.6 Å². The number of carbonyl (C=O) groups is 2. The van der Waals surface area contributed by atoms with E-state index in [9.17, 15) is 9.59 Å². The number of imide groups is 1. The summed E-state index contributed by atoms with van der Waals surface area (Å²) in [5, 5.41) is 2.80. The second-order valence-corrected chi connectivity index (χ2v) is 8.27. The van der Waals surface area contributed by atoms with Crippen LogP contribution in [-0.2, 0) is 11.3 Å². The van der Waals surface area contributed by atoms with Crippen molar-refractivity contribution in [3.63, 3.8) is 0 Å². The predicted molar refractivity (Wildman–Crippen MR) is 107 cm³/mol. The van der Waals surface area contributed by atoms with E-state index >= 15 is 0 Å². The maximum Gasteiger partial charge on any atom is 0.325 e. The van der Waals surface area contributed by atoms with E-state index in [2.05, 4.69) is 48.3 Å². The first kappa shape index (κ1) is 19.7. The fourth-order valence-corrected chi connectivity index (χ4v) is 3.91. The van der Waals surface area contributed by atoms with Gasteiger partial charge in [-0.1, -0.05) is 26.0 Å². The summed E-state index contributed by atoms with van der Waals surface area (Å²) < 4.78 is 0. The van der Waals surface area contributed by atoms with Crippen LogP contribution in [0.2, 0.25) is 0 Å². The zero-order chi connectivity index (χ0) is 19.4. The minimum Gasteiger partial charge on any atom is -0.372 e. The Bertz CT molecular complexity index is 653. The highest BCUT2D eigenvalue weighted by Crippen LogP contribution is 2.21. The lowest BCUT2D eigenvalue weighted by Gasteiger charge is -2.29. The van der Waals surface area contributed by atoms with Crippen LogP contribution in [-0.4, -0.2) is 54.6 Å². The van der Waals surface area contributed by atoms with Gasteiger partial charge in [-0.15, -0.1) is 0 Å². The summed E-state index contributed by atoms with van der Waals surface area (Å²) in [6.07, 6.45) is 4.56. The maximum absolute atomic E-state index is 12.5. The summed E-state index contributed by atoms with van der Waals surface area (Å²) >= 11 is 0. The van der Waals surface area contributed by atoms with E-state index in [1.54, 1.807) is 0 Å². The molecule has 1 aromatic rings. The summed E-state index contributed by atoms with van der Waals surface area (Å²) in [6.45, 7) is 7.41. The number of nitrogens with zero attached hydrogens (tertiary/aromatic N) is 3. The van der Waals surface area contributed by atoms with Crippen LogP contribution in [0.4, 0.5) is 10.5 Å². The van der Waals surface area contributed by atoms with E-state index < -0.39 is 0 Å². The van der Waals surface area contributed by atoms with Crippen LogP contribution in [0, 0.1) is 5.92 Å². The van der Waals surface area contributed by atoms with Crippen LogP contribution >= 0.6 is 0 Å². The standard InChI is InChI=1S/C21H32N4O2/c1-16(2)13-19-20(26)25(21(27)22-19)15-23(3)14-17-7-9-18(10-8-17)24-11-5-4-6-12-24/h7-10,16,19H,4-6,11-15H2,1-3H3,(H,22,27)/t19-/m1/s1. The number of carbonyl (C=O) groups excluding carboxylic acids is 2. The molecule has 2 aliphatic heterocycles. The zero-order valence-corrected chi connectivity index (χ0v) is 16.8. The average Bonchev–Trinajstić information content (AvgIpc) is 2.90. The molecule has 27 heavy (non-hydrogen) atoms. The summed E-state index contributed by atoms with van der Waals surface area (Å²) in [5.41, 5.74) is 2.47. The van der Waals surface area contributed by atoms with Gasteiger partial charge in [-0.2, -0.15) is 0 Å². The summed E-state index contributed by atoms with van der Waals surface area (Å²) in [7, 11) is 1.94. The lowest BCUT2D eigenvalue weighted by molar-refractivity contribution is -0.129. The molecule has 0 saturated carbocycles. The van der Waals surface area contributed by atoms with Crippen molar-refractivity contribution in [3.8, 4) is 0 Å². The number of hydrogen-bond donors (Lipinski definition) is 1. The molecule has 1 atom stereocenters. The molecule has 0 aromatic heterocycles. The fraction of sp³-hybridized carbons (Fsp3) is 0.619. The fourth-order valence-electron chi connectivity index (χ4n) is 3.91. The van der Waals surface area contributed by atoms with Crippen LogP contribution in [0.1, 0.15) is 45.1 Å². The molecule has 0 aliphatic carbocycles. The topological polar surface area (TPSA) is 55.9 Å². The van der Waals surface area contributed by atoms with Crippen molar-refractivity contribution < 1.29 is 9.59 Å². The van der Waals surface area contributed by atoms with Gasteiger partial charge in [0.15, 0.2) is 0 Å². The summed E-state index contributed by atoms with van der Waals surface area (Å²) in [6, 6.07) is 8.00. The molecule has 2 heterocycles. The molecule has 0 unspecified atom stereocenters. The number of rotatable bonds is 7. The Balaban J connectivity index is 1.53. The van der Waals surface area contributed by atoms with Crippen molar-refractivity contribution in [2.24, 2.45) is 5.92 Å². The first-order valence-electron chi connectivity index (χ1n) is 10.1. The van der Waals surface area contributed by atoms with Gasteiger partial charge >= 0.3 is 6.03 Å². The normalized spacial score (nSPS) is 20.7. The van der Waals surface area contributed by atoms with Gasteiger partial charge in [0, 0.05) is 25.3 Å². The Morgan fingerprint density at radius 1 is 1.11 bits per heavy atom. The van der Waals surface area contributed by atoms with Crippen molar-refractivity contribution in [1.29, 1.82) is 0 Å². The average molecular weight is 373 g/mol. The van der Waals surface area contributed by atoms with Crippen molar-refractivity contribution in [3.05, 3.63) is 29.8 Å². The molecule has 2 fully saturated rings. The maximum atomic E-state index is 12.5. The number of piperidine rings is 1. The Morgan fingerprint density at radius 3 is 2.41 bits per heavy atom. The summed E-state index contributed by atoms with van der Waals surface area (Å²) in [5.74, 6) is 0.261. The minimum absolute atomic E-state index is 0.110. The van der Waals surface area contributed by atoms with Gasteiger partial charge in [-0.05, 0) is 56.3 Å². The lowest BCUT2D eigenvalue weighted by atomic mass is 10.0. The Kier molecular flexibility index (Phi) is 6.37. The van der Waals surface area contributed by atoms with E-state index in [4.69, 9.17) is 0 Å². The number of nitrogens with one attached hydrogen (secondary N) is 1. The molecule has 1 N–H and O–H groups in total. The van der Waals surface area contributed by atoms with Gasteiger partial charge in [0.2, 0.25) is 0 Å². The van der Waals surface area contributed by atoms with Crippen molar-refractivity contribution >= 4 is 17.6 Å². The molecule has 0 spiro atoms. The van der Waals surface area contributed by atoms with Gasteiger partial charge < -0.3 is 10.2 Å². The molecule has 1 aromatic carbocycles. The zero-order valence-electron chi connectivity index (χ0n) is 16.8. The van der Waals surface area contributed by atoms with Gasteiger partial charge in [0.05, 0.1) is 6.67 Å². The smallest absolute Gasteiger partial charge is 0.325 e. The van der Waals surface area contributed by atoms with Gasteiger partial charge in [-0.3, -0.25) is 9.69 Å². The van der Waals surface area contributed by atoms with Crippen molar-refractivity contribution in [1.82, 2.24) is 15.1 Å². The SMILES string of the molecule is CC(C)C[C@H]1NC(=O)N(CN(C)Cc2ccc(N3CCCCC3)cc2)C1=O. The molecule has 148 valence electrons. The molecule has 0 radical (unpaired) electrons. The number of amides is 3. The van der Waals surface area contributed by atoms with Crippen LogP contribution in [0.15, 0.2) is 24.3 Å².